The molecule has 0 saturated carbocycles. The third-order valence-corrected chi connectivity index (χ3v) is 4.35. The minimum Gasteiger partial charge on any atom is -0.336 e. The van der Waals surface area contributed by atoms with E-state index in [0.717, 1.165) is 35.6 Å². The van der Waals surface area contributed by atoms with E-state index in [1.54, 1.807) is 24.7 Å². The Balaban J connectivity index is 1.56. The lowest BCUT2D eigenvalue weighted by molar-refractivity contribution is 0.597. The molecule has 0 bridgehead atoms. The van der Waals surface area contributed by atoms with Crippen molar-refractivity contribution >= 4 is 0 Å². The molecule has 27 heavy (non-hydrogen) atoms. The number of rotatable bonds is 7. The van der Waals surface area contributed by atoms with Crippen LogP contribution < -0.4 is 5.32 Å². The van der Waals surface area contributed by atoms with Crippen molar-refractivity contribution in [2.24, 2.45) is 0 Å². The summed E-state index contributed by atoms with van der Waals surface area (Å²) in [5.41, 5.74) is 3.81. The predicted molar refractivity (Wildman–Crippen MR) is 103 cm³/mol. The van der Waals surface area contributed by atoms with Gasteiger partial charge in [0.2, 0.25) is 0 Å². The molecule has 1 N–H and O–H groups in total. The van der Waals surface area contributed by atoms with E-state index in [-0.39, 0.29) is 5.82 Å². The van der Waals surface area contributed by atoms with Gasteiger partial charge >= 0.3 is 0 Å². The molecule has 2 aromatic heterocycles. The topological polar surface area (TPSA) is 47.7 Å². The molecule has 2 aromatic carbocycles. The first-order chi connectivity index (χ1) is 13.3. The van der Waals surface area contributed by atoms with Gasteiger partial charge in [0, 0.05) is 49.4 Å². The third-order valence-electron chi connectivity index (χ3n) is 4.35. The Morgan fingerprint density at radius 3 is 2.56 bits per heavy atom. The van der Waals surface area contributed by atoms with Crippen molar-refractivity contribution in [3.8, 4) is 16.9 Å². The van der Waals surface area contributed by atoms with Crippen molar-refractivity contribution in [1.29, 1.82) is 0 Å². The van der Waals surface area contributed by atoms with Crippen molar-refractivity contribution in [3.05, 3.63) is 90.9 Å². The number of aromatic nitrogens is 4. The van der Waals surface area contributed by atoms with Gasteiger partial charge in [0.15, 0.2) is 0 Å². The lowest BCUT2D eigenvalue weighted by atomic mass is 10.1. The summed E-state index contributed by atoms with van der Waals surface area (Å²) in [5, 5.41) is 8.20. The van der Waals surface area contributed by atoms with Crippen LogP contribution in [0.15, 0.2) is 79.5 Å². The van der Waals surface area contributed by atoms with Gasteiger partial charge in [-0.25, -0.2) is 14.1 Å². The summed E-state index contributed by atoms with van der Waals surface area (Å²) in [5.74, 6) is -0.249. The van der Waals surface area contributed by atoms with E-state index in [2.05, 4.69) is 10.3 Å². The largest absolute Gasteiger partial charge is 0.336 e. The molecule has 0 aliphatic heterocycles. The predicted octanol–water partition coefficient (Wildman–Crippen LogP) is 3.66. The minimum absolute atomic E-state index is 0.249. The van der Waals surface area contributed by atoms with Crippen LogP contribution in [0.5, 0.6) is 0 Å². The van der Waals surface area contributed by atoms with Gasteiger partial charge in [-0.2, -0.15) is 5.10 Å². The van der Waals surface area contributed by atoms with Crippen LogP contribution in [-0.2, 0) is 13.1 Å². The van der Waals surface area contributed by atoms with Crippen LogP contribution in [0.25, 0.3) is 16.9 Å². The Morgan fingerprint density at radius 1 is 1.00 bits per heavy atom. The normalized spacial score (nSPS) is 11.0. The quantitative estimate of drug-likeness (QED) is 0.511. The first kappa shape index (κ1) is 17.2. The summed E-state index contributed by atoms with van der Waals surface area (Å²) >= 11 is 0. The highest BCUT2D eigenvalue weighted by atomic mass is 19.1. The van der Waals surface area contributed by atoms with E-state index in [1.165, 1.54) is 12.1 Å². The van der Waals surface area contributed by atoms with E-state index in [4.69, 9.17) is 5.10 Å². The number of halogens is 1. The SMILES string of the molecule is Fc1ccc(-c2nn(-c3ccccc3)cc2CNCCn2ccnc2)cc1. The van der Waals surface area contributed by atoms with Gasteiger partial charge in [0.1, 0.15) is 5.82 Å². The van der Waals surface area contributed by atoms with Gasteiger partial charge < -0.3 is 9.88 Å². The molecule has 2 heterocycles. The molecule has 0 fully saturated rings. The summed E-state index contributed by atoms with van der Waals surface area (Å²) in [4.78, 5) is 4.05. The van der Waals surface area contributed by atoms with E-state index in [9.17, 15) is 4.39 Å². The molecule has 0 aliphatic carbocycles. The molecule has 4 rings (SSSR count). The minimum atomic E-state index is -0.249. The Hall–Kier alpha value is -3.25. The monoisotopic (exact) mass is 361 g/mol. The van der Waals surface area contributed by atoms with E-state index in [0.29, 0.717) is 6.54 Å². The number of nitrogens with zero attached hydrogens (tertiary/aromatic N) is 4. The van der Waals surface area contributed by atoms with Crippen molar-refractivity contribution in [2.75, 3.05) is 6.54 Å². The summed E-state index contributed by atoms with van der Waals surface area (Å²) in [7, 11) is 0. The number of imidazole rings is 1. The maximum atomic E-state index is 13.3. The molecule has 0 aliphatic rings. The third kappa shape index (κ3) is 4.12. The molecule has 0 unspecified atom stereocenters. The molecular weight excluding hydrogens is 341 g/mol. The van der Waals surface area contributed by atoms with Gasteiger partial charge in [-0.3, -0.25) is 0 Å². The highest BCUT2D eigenvalue weighted by Crippen LogP contribution is 2.24. The summed E-state index contributed by atoms with van der Waals surface area (Å²) < 4.78 is 17.2. The first-order valence-corrected chi connectivity index (χ1v) is 8.86. The van der Waals surface area contributed by atoms with Crippen molar-refractivity contribution in [1.82, 2.24) is 24.6 Å². The fourth-order valence-corrected chi connectivity index (χ4v) is 2.95. The average molecular weight is 361 g/mol. The van der Waals surface area contributed by atoms with E-state index in [1.807, 2.05) is 52.0 Å². The van der Waals surface area contributed by atoms with Gasteiger partial charge in [0.05, 0.1) is 17.7 Å². The van der Waals surface area contributed by atoms with Crippen LogP contribution in [-0.4, -0.2) is 25.9 Å². The van der Waals surface area contributed by atoms with Crippen molar-refractivity contribution in [3.63, 3.8) is 0 Å². The number of nitrogens with one attached hydrogen (secondary N) is 1. The molecule has 4 aromatic rings. The fourth-order valence-electron chi connectivity index (χ4n) is 2.95. The molecular formula is C21H20FN5. The number of benzene rings is 2. The lowest BCUT2D eigenvalue weighted by Crippen LogP contribution is -2.19. The van der Waals surface area contributed by atoms with Gasteiger partial charge in [-0.05, 0) is 36.4 Å². The van der Waals surface area contributed by atoms with Crippen LogP contribution >= 0.6 is 0 Å². The van der Waals surface area contributed by atoms with Crippen molar-refractivity contribution < 1.29 is 4.39 Å². The second-order valence-electron chi connectivity index (χ2n) is 6.27. The molecule has 6 heteroatoms. The van der Waals surface area contributed by atoms with E-state index < -0.39 is 0 Å². The second kappa shape index (κ2) is 7.97. The summed E-state index contributed by atoms with van der Waals surface area (Å²) in [6.07, 6.45) is 7.55. The lowest BCUT2D eigenvalue weighted by Gasteiger charge is -2.06. The zero-order chi connectivity index (χ0) is 18.5. The highest BCUT2D eigenvalue weighted by molar-refractivity contribution is 5.63. The molecule has 0 radical (unpaired) electrons. The molecule has 0 atom stereocenters. The molecule has 0 amide bonds. The number of hydrogen-bond acceptors (Lipinski definition) is 3. The van der Waals surface area contributed by atoms with Gasteiger partial charge in [0.25, 0.3) is 0 Å². The Labute approximate surface area is 157 Å². The average Bonchev–Trinajstić information content (AvgIpc) is 3.37. The first-order valence-electron chi connectivity index (χ1n) is 8.86. The molecule has 0 spiro atoms. The maximum absolute atomic E-state index is 13.3. The van der Waals surface area contributed by atoms with Crippen LogP contribution in [0.2, 0.25) is 0 Å². The van der Waals surface area contributed by atoms with Crippen LogP contribution in [0.3, 0.4) is 0 Å². The van der Waals surface area contributed by atoms with Crippen LogP contribution in [0.1, 0.15) is 5.56 Å². The molecule has 136 valence electrons. The Kier molecular flexibility index (Phi) is 5.07. The van der Waals surface area contributed by atoms with Crippen molar-refractivity contribution in [2.45, 2.75) is 13.1 Å². The number of hydrogen-bond donors (Lipinski definition) is 1. The fraction of sp³-hybridized carbons (Fsp3) is 0.143. The second-order valence-corrected chi connectivity index (χ2v) is 6.27. The van der Waals surface area contributed by atoms with Crippen LogP contribution in [0.4, 0.5) is 4.39 Å². The Bertz CT molecular complexity index is 975. The van der Waals surface area contributed by atoms with Crippen LogP contribution in [0, 0.1) is 5.82 Å². The zero-order valence-electron chi connectivity index (χ0n) is 14.8. The maximum Gasteiger partial charge on any atom is 0.123 e. The molecule has 0 saturated heterocycles. The zero-order valence-corrected chi connectivity index (χ0v) is 14.8. The van der Waals surface area contributed by atoms with E-state index >= 15 is 0 Å². The van der Waals surface area contributed by atoms with Gasteiger partial charge in [-0.15, -0.1) is 0 Å². The summed E-state index contributed by atoms with van der Waals surface area (Å²) in [6.45, 7) is 2.34. The highest BCUT2D eigenvalue weighted by Gasteiger charge is 2.12. The summed E-state index contributed by atoms with van der Waals surface area (Å²) in [6, 6.07) is 16.4. The number of para-hydroxylation sites is 1. The Morgan fingerprint density at radius 2 is 1.81 bits per heavy atom. The molecule has 5 nitrogen and oxygen atoms in total. The van der Waals surface area contributed by atoms with Gasteiger partial charge in [-0.1, -0.05) is 18.2 Å². The smallest absolute Gasteiger partial charge is 0.123 e. The standard InChI is InChI=1S/C21H20FN5/c22-19-8-6-17(7-9-19)21-18(14-23-10-12-26-13-11-24-16-26)15-27(25-21)20-4-2-1-3-5-20/h1-9,11,13,15-16,23H,10,12,14H2.